The van der Waals surface area contributed by atoms with Gasteiger partial charge in [-0.15, -0.1) is 11.3 Å². The molecule has 114 valence electrons. The van der Waals surface area contributed by atoms with E-state index in [4.69, 9.17) is 15.0 Å². The summed E-state index contributed by atoms with van der Waals surface area (Å²) in [5.41, 5.74) is 5.88. The van der Waals surface area contributed by atoms with E-state index in [1.165, 1.54) is 0 Å². The minimum Gasteiger partial charge on any atom is -0.381 e. The molecule has 0 aliphatic carbocycles. The summed E-state index contributed by atoms with van der Waals surface area (Å²) in [4.78, 5) is 7.81. The summed E-state index contributed by atoms with van der Waals surface area (Å²) in [6.07, 6.45) is 2.27. The molecule has 2 aromatic heterocycles. The highest BCUT2D eigenvalue weighted by Gasteiger charge is 2.28. The molecule has 0 saturated carbocycles. The van der Waals surface area contributed by atoms with Crippen molar-refractivity contribution in [3.05, 3.63) is 23.4 Å². The first-order chi connectivity index (χ1) is 10.3. The van der Waals surface area contributed by atoms with Crippen LogP contribution in [0.25, 0.3) is 10.7 Å². The number of nitrogens with two attached hydrogens (primary N) is 1. The van der Waals surface area contributed by atoms with Crippen LogP contribution in [0.2, 0.25) is 0 Å². The molecule has 0 radical (unpaired) electrons. The first-order valence-electron chi connectivity index (χ1n) is 7.13. The average molecular weight is 308 g/mol. The lowest BCUT2D eigenvalue weighted by Gasteiger charge is -2.37. The molecule has 1 fully saturated rings. The van der Waals surface area contributed by atoms with Gasteiger partial charge < -0.3 is 15.0 Å². The molecule has 0 spiro atoms. The maximum atomic E-state index is 5.88. The Balaban J connectivity index is 1.66. The highest BCUT2D eigenvalue weighted by atomic mass is 32.1. The number of piperidine rings is 1. The van der Waals surface area contributed by atoms with Crippen LogP contribution >= 0.6 is 11.3 Å². The Morgan fingerprint density at radius 2 is 2.48 bits per heavy atom. The Bertz CT molecular complexity index is 557. The topological polar surface area (TPSA) is 77.4 Å². The molecule has 0 aromatic carbocycles. The monoisotopic (exact) mass is 308 g/mol. The highest BCUT2D eigenvalue weighted by Crippen LogP contribution is 2.24. The van der Waals surface area contributed by atoms with Gasteiger partial charge in [0.15, 0.2) is 0 Å². The Morgan fingerprint density at radius 3 is 3.19 bits per heavy atom. The summed E-state index contributed by atoms with van der Waals surface area (Å²) < 4.78 is 10.8. The summed E-state index contributed by atoms with van der Waals surface area (Å²) in [6, 6.07) is 4.28. The predicted molar refractivity (Wildman–Crippen MR) is 80.9 cm³/mol. The van der Waals surface area contributed by atoms with Crippen LogP contribution in [0.3, 0.4) is 0 Å². The van der Waals surface area contributed by atoms with Gasteiger partial charge in [0.2, 0.25) is 11.7 Å². The van der Waals surface area contributed by atoms with Crippen LogP contribution in [-0.2, 0) is 11.3 Å². The first kappa shape index (κ1) is 14.6. The Morgan fingerprint density at radius 1 is 1.57 bits per heavy atom. The number of hydrogen-bond donors (Lipinski definition) is 1. The summed E-state index contributed by atoms with van der Waals surface area (Å²) >= 11 is 1.61. The number of hydrogen-bond acceptors (Lipinski definition) is 7. The van der Waals surface area contributed by atoms with Crippen molar-refractivity contribution >= 4 is 11.3 Å². The van der Waals surface area contributed by atoms with Crippen molar-refractivity contribution in [2.24, 2.45) is 5.73 Å². The van der Waals surface area contributed by atoms with E-state index < -0.39 is 0 Å². The van der Waals surface area contributed by atoms with Crippen molar-refractivity contribution in [1.29, 1.82) is 0 Å². The van der Waals surface area contributed by atoms with E-state index in [9.17, 15) is 0 Å². The molecule has 2 unspecified atom stereocenters. The van der Waals surface area contributed by atoms with Crippen LogP contribution in [0, 0.1) is 0 Å². The molecule has 0 bridgehead atoms. The van der Waals surface area contributed by atoms with Gasteiger partial charge in [0, 0.05) is 26.2 Å². The Labute approximate surface area is 127 Å². The van der Waals surface area contributed by atoms with Crippen molar-refractivity contribution in [2.75, 3.05) is 20.2 Å². The van der Waals surface area contributed by atoms with Gasteiger partial charge in [-0.2, -0.15) is 4.98 Å². The average Bonchev–Trinajstić information content (AvgIpc) is 3.18. The van der Waals surface area contributed by atoms with Crippen molar-refractivity contribution in [3.8, 4) is 10.7 Å². The fourth-order valence-corrected chi connectivity index (χ4v) is 3.38. The summed E-state index contributed by atoms with van der Waals surface area (Å²) in [6.45, 7) is 2.21. The molecule has 1 saturated heterocycles. The number of rotatable bonds is 5. The standard InChI is InChI=1S/C14H20N4O2S/c1-19-11-4-5-18(10(7-11)8-15)9-13-16-14(17-20-13)12-3-2-6-21-12/h2-3,6,10-11H,4-5,7-9,15H2,1H3. The molecular formula is C14H20N4O2S. The van der Waals surface area contributed by atoms with Crippen LogP contribution in [-0.4, -0.2) is 47.4 Å². The Hall–Kier alpha value is -1.28. The van der Waals surface area contributed by atoms with E-state index in [2.05, 4.69) is 15.0 Å². The van der Waals surface area contributed by atoms with Crippen molar-refractivity contribution < 1.29 is 9.26 Å². The van der Waals surface area contributed by atoms with E-state index in [0.29, 0.717) is 37.0 Å². The number of ether oxygens (including phenoxy) is 1. The van der Waals surface area contributed by atoms with Crippen LogP contribution in [0.1, 0.15) is 18.7 Å². The fraction of sp³-hybridized carbons (Fsp3) is 0.571. The number of likely N-dealkylation sites (tertiary alicyclic amines) is 1. The molecule has 7 heteroatoms. The van der Waals surface area contributed by atoms with Gasteiger partial charge in [-0.25, -0.2) is 0 Å². The highest BCUT2D eigenvalue weighted by molar-refractivity contribution is 7.13. The Kier molecular flexibility index (Phi) is 4.64. The van der Waals surface area contributed by atoms with Crippen molar-refractivity contribution in [3.63, 3.8) is 0 Å². The van der Waals surface area contributed by atoms with Crippen LogP contribution < -0.4 is 5.73 Å². The zero-order valence-electron chi connectivity index (χ0n) is 12.1. The maximum Gasteiger partial charge on any atom is 0.241 e. The summed E-state index contributed by atoms with van der Waals surface area (Å²) in [7, 11) is 1.76. The predicted octanol–water partition coefficient (Wildman–Crippen LogP) is 1.74. The molecule has 0 amide bonds. The minimum absolute atomic E-state index is 0.305. The van der Waals surface area contributed by atoms with Gasteiger partial charge in [-0.3, -0.25) is 4.90 Å². The van der Waals surface area contributed by atoms with E-state index in [0.717, 1.165) is 24.3 Å². The zero-order chi connectivity index (χ0) is 14.7. The zero-order valence-corrected chi connectivity index (χ0v) is 12.9. The second-order valence-corrected chi connectivity index (χ2v) is 6.18. The van der Waals surface area contributed by atoms with Crippen LogP contribution in [0.15, 0.2) is 22.0 Å². The van der Waals surface area contributed by atoms with Gasteiger partial charge in [-0.05, 0) is 24.3 Å². The first-order valence-corrected chi connectivity index (χ1v) is 8.01. The van der Waals surface area contributed by atoms with Crippen molar-refractivity contribution in [1.82, 2.24) is 15.0 Å². The van der Waals surface area contributed by atoms with Crippen molar-refractivity contribution in [2.45, 2.75) is 31.5 Å². The molecule has 2 N–H and O–H groups in total. The molecule has 1 aliphatic heterocycles. The van der Waals surface area contributed by atoms with E-state index in [-0.39, 0.29) is 0 Å². The van der Waals surface area contributed by atoms with Gasteiger partial charge >= 0.3 is 0 Å². The summed E-state index contributed by atoms with van der Waals surface area (Å²) in [5.74, 6) is 1.31. The number of thiophene rings is 1. The van der Waals surface area contributed by atoms with E-state index >= 15 is 0 Å². The van der Waals surface area contributed by atoms with Gasteiger partial charge in [0.05, 0.1) is 17.5 Å². The third kappa shape index (κ3) is 3.32. The lowest BCUT2D eigenvalue weighted by molar-refractivity contribution is 0.00676. The molecule has 3 heterocycles. The second-order valence-electron chi connectivity index (χ2n) is 5.23. The smallest absolute Gasteiger partial charge is 0.241 e. The van der Waals surface area contributed by atoms with E-state index in [1.54, 1.807) is 18.4 Å². The van der Waals surface area contributed by atoms with Crippen LogP contribution in [0.4, 0.5) is 0 Å². The molecule has 2 atom stereocenters. The molecular weight excluding hydrogens is 288 g/mol. The van der Waals surface area contributed by atoms with Gasteiger partial charge in [0.25, 0.3) is 0 Å². The fourth-order valence-electron chi connectivity index (χ4n) is 2.73. The number of methoxy groups -OCH3 is 1. The van der Waals surface area contributed by atoms with Gasteiger partial charge in [-0.1, -0.05) is 11.2 Å². The molecule has 2 aromatic rings. The molecule has 21 heavy (non-hydrogen) atoms. The minimum atomic E-state index is 0.305. The molecule has 1 aliphatic rings. The number of nitrogens with zero attached hydrogens (tertiary/aromatic N) is 3. The lowest BCUT2D eigenvalue weighted by atomic mass is 9.99. The quantitative estimate of drug-likeness (QED) is 0.906. The third-order valence-electron chi connectivity index (χ3n) is 3.94. The largest absolute Gasteiger partial charge is 0.381 e. The second kappa shape index (κ2) is 6.65. The number of aromatic nitrogens is 2. The SMILES string of the molecule is COC1CCN(Cc2nc(-c3cccs3)no2)C(CN)C1. The van der Waals surface area contributed by atoms with Crippen LogP contribution in [0.5, 0.6) is 0 Å². The van der Waals surface area contributed by atoms with Gasteiger partial charge in [0.1, 0.15) is 0 Å². The maximum absolute atomic E-state index is 5.88. The normalized spacial score (nSPS) is 23.5. The summed E-state index contributed by atoms with van der Waals surface area (Å²) in [5, 5.41) is 6.05. The van der Waals surface area contributed by atoms with E-state index in [1.807, 2.05) is 17.5 Å². The lowest BCUT2D eigenvalue weighted by Crippen LogP contribution is -2.48. The molecule has 3 rings (SSSR count). The molecule has 6 nitrogen and oxygen atoms in total. The third-order valence-corrected chi connectivity index (χ3v) is 4.81.